The Morgan fingerprint density at radius 1 is 1.55 bits per heavy atom. The van der Waals surface area contributed by atoms with Crippen LogP contribution < -0.4 is 10.6 Å². The smallest absolute Gasteiger partial charge is 0.173 e. The quantitative estimate of drug-likeness (QED) is 0.376. The molecule has 1 aliphatic rings. The van der Waals surface area contributed by atoms with Crippen LogP contribution in [0.25, 0.3) is 0 Å². The SMILES string of the molecule is CN(c1cccc(Cl)c1C(N)=NO)C1CCS(=O)(=O)C1. The monoisotopic (exact) mass is 317 g/mol. The van der Waals surface area contributed by atoms with Crippen molar-refractivity contribution in [2.75, 3.05) is 23.5 Å². The number of nitrogens with two attached hydrogens (primary N) is 1. The van der Waals surface area contributed by atoms with Crippen molar-refractivity contribution in [3.8, 4) is 0 Å². The lowest BCUT2D eigenvalue weighted by Crippen LogP contribution is -2.34. The Hall–Kier alpha value is -1.47. The number of halogens is 1. The first kappa shape index (κ1) is 14.9. The zero-order valence-electron chi connectivity index (χ0n) is 11.0. The van der Waals surface area contributed by atoms with E-state index < -0.39 is 9.84 Å². The van der Waals surface area contributed by atoms with Crippen molar-refractivity contribution in [3.05, 3.63) is 28.8 Å². The molecule has 0 spiro atoms. The first-order chi connectivity index (χ1) is 9.35. The molecule has 2 rings (SSSR count). The van der Waals surface area contributed by atoms with Gasteiger partial charge in [-0.05, 0) is 18.6 Å². The molecule has 1 aromatic carbocycles. The Balaban J connectivity index is 2.40. The minimum atomic E-state index is -2.98. The summed E-state index contributed by atoms with van der Waals surface area (Å²) >= 11 is 6.09. The average Bonchev–Trinajstić information content (AvgIpc) is 2.77. The van der Waals surface area contributed by atoms with Gasteiger partial charge < -0.3 is 15.8 Å². The summed E-state index contributed by atoms with van der Waals surface area (Å²) in [5, 5.41) is 12.2. The van der Waals surface area contributed by atoms with Crippen LogP contribution >= 0.6 is 11.6 Å². The fraction of sp³-hybridized carbons (Fsp3) is 0.417. The minimum Gasteiger partial charge on any atom is -0.409 e. The van der Waals surface area contributed by atoms with Gasteiger partial charge in [0.25, 0.3) is 0 Å². The van der Waals surface area contributed by atoms with Gasteiger partial charge in [0.2, 0.25) is 0 Å². The van der Waals surface area contributed by atoms with Crippen LogP contribution in [0, 0.1) is 0 Å². The number of nitrogens with zero attached hydrogens (tertiary/aromatic N) is 2. The summed E-state index contributed by atoms with van der Waals surface area (Å²) < 4.78 is 23.2. The van der Waals surface area contributed by atoms with Gasteiger partial charge in [0.1, 0.15) is 0 Å². The van der Waals surface area contributed by atoms with E-state index in [9.17, 15) is 8.42 Å². The third kappa shape index (κ3) is 2.83. The number of sulfone groups is 1. The van der Waals surface area contributed by atoms with Gasteiger partial charge >= 0.3 is 0 Å². The van der Waals surface area contributed by atoms with Crippen LogP contribution in [-0.2, 0) is 9.84 Å². The van der Waals surface area contributed by atoms with E-state index in [1.807, 2.05) is 4.90 Å². The minimum absolute atomic E-state index is 0.0988. The summed E-state index contributed by atoms with van der Waals surface area (Å²) in [6, 6.07) is 5.01. The number of oxime groups is 1. The molecule has 1 atom stereocenters. The standard InChI is InChI=1S/C12H16ClN3O3S/c1-16(8-5-6-20(18,19)7-8)10-4-2-3-9(13)11(10)12(14)15-17/h2-4,8,17H,5-7H2,1H3,(H2,14,15). The molecular formula is C12H16ClN3O3S. The third-order valence-electron chi connectivity index (χ3n) is 3.49. The molecule has 0 bridgehead atoms. The molecule has 1 fully saturated rings. The topological polar surface area (TPSA) is 96.0 Å². The molecule has 0 amide bonds. The molecule has 0 aromatic heterocycles. The fourth-order valence-corrected chi connectivity index (χ4v) is 4.43. The molecule has 8 heteroatoms. The number of benzene rings is 1. The number of anilines is 1. The van der Waals surface area contributed by atoms with E-state index >= 15 is 0 Å². The highest BCUT2D eigenvalue weighted by Gasteiger charge is 2.32. The van der Waals surface area contributed by atoms with Crippen molar-refractivity contribution >= 4 is 33.0 Å². The van der Waals surface area contributed by atoms with Crippen LogP contribution in [0.5, 0.6) is 0 Å². The van der Waals surface area contributed by atoms with Crippen LogP contribution in [0.15, 0.2) is 23.4 Å². The zero-order valence-corrected chi connectivity index (χ0v) is 12.5. The van der Waals surface area contributed by atoms with Gasteiger partial charge in [-0.25, -0.2) is 8.42 Å². The lowest BCUT2D eigenvalue weighted by Gasteiger charge is -2.28. The molecule has 110 valence electrons. The average molecular weight is 318 g/mol. The molecule has 1 saturated heterocycles. The fourth-order valence-electron chi connectivity index (χ4n) is 2.39. The molecule has 3 N–H and O–H groups in total. The van der Waals surface area contributed by atoms with Crippen molar-refractivity contribution < 1.29 is 13.6 Å². The molecule has 1 aromatic rings. The number of rotatable bonds is 3. The van der Waals surface area contributed by atoms with Gasteiger partial charge in [-0.3, -0.25) is 0 Å². The first-order valence-corrected chi connectivity index (χ1v) is 8.25. The second-order valence-electron chi connectivity index (χ2n) is 4.79. The van der Waals surface area contributed by atoms with Crippen molar-refractivity contribution in [1.82, 2.24) is 0 Å². The van der Waals surface area contributed by atoms with Crippen molar-refractivity contribution in [1.29, 1.82) is 0 Å². The van der Waals surface area contributed by atoms with Crippen LogP contribution in [0.3, 0.4) is 0 Å². The van der Waals surface area contributed by atoms with E-state index in [-0.39, 0.29) is 23.4 Å². The van der Waals surface area contributed by atoms with E-state index in [2.05, 4.69) is 5.16 Å². The molecular weight excluding hydrogens is 302 g/mol. The molecule has 0 saturated carbocycles. The van der Waals surface area contributed by atoms with Gasteiger partial charge in [-0.15, -0.1) is 0 Å². The van der Waals surface area contributed by atoms with E-state index in [4.69, 9.17) is 22.5 Å². The Bertz CT molecular complexity index is 645. The van der Waals surface area contributed by atoms with Crippen LogP contribution in [0.4, 0.5) is 5.69 Å². The third-order valence-corrected chi connectivity index (χ3v) is 5.56. The Kier molecular flexibility index (Phi) is 4.10. The maximum Gasteiger partial charge on any atom is 0.173 e. The Morgan fingerprint density at radius 2 is 2.25 bits per heavy atom. The van der Waals surface area contributed by atoms with Crippen molar-refractivity contribution in [2.45, 2.75) is 12.5 Å². The molecule has 0 radical (unpaired) electrons. The summed E-state index contributed by atoms with van der Waals surface area (Å²) in [6.45, 7) is 0. The first-order valence-electron chi connectivity index (χ1n) is 6.05. The number of hydrogen-bond donors (Lipinski definition) is 2. The van der Waals surface area contributed by atoms with E-state index in [1.54, 1.807) is 25.2 Å². The van der Waals surface area contributed by atoms with E-state index in [0.29, 0.717) is 22.7 Å². The molecule has 6 nitrogen and oxygen atoms in total. The maximum absolute atomic E-state index is 11.6. The Labute approximate surface area is 122 Å². The highest BCUT2D eigenvalue weighted by atomic mass is 35.5. The molecule has 0 aliphatic carbocycles. The van der Waals surface area contributed by atoms with Gasteiger partial charge in [-0.1, -0.05) is 22.8 Å². The highest BCUT2D eigenvalue weighted by Crippen LogP contribution is 2.30. The van der Waals surface area contributed by atoms with Crippen LogP contribution in [0.1, 0.15) is 12.0 Å². The lowest BCUT2D eigenvalue weighted by atomic mass is 10.1. The number of amidine groups is 1. The predicted octanol–water partition coefficient (Wildman–Crippen LogP) is 1.06. The zero-order chi connectivity index (χ0) is 14.9. The molecule has 1 aliphatic heterocycles. The molecule has 20 heavy (non-hydrogen) atoms. The van der Waals surface area contributed by atoms with Gasteiger partial charge in [-0.2, -0.15) is 0 Å². The lowest BCUT2D eigenvalue weighted by molar-refractivity contribution is 0.318. The van der Waals surface area contributed by atoms with Crippen molar-refractivity contribution in [3.63, 3.8) is 0 Å². The largest absolute Gasteiger partial charge is 0.409 e. The maximum atomic E-state index is 11.6. The second-order valence-corrected chi connectivity index (χ2v) is 7.42. The van der Waals surface area contributed by atoms with Gasteiger partial charge in [0, 0.05) is 18.8 Å². The van der Waals surface area contributed by atoms with Gasteiger partial charge in [0.15, 0.2) is 15.7 Å². The predicted molar refractivity (Wildman–Crippen MR) is 79.4 cm³/mol. The second kappa shape index (κ2) is 5.49. The van der Waals surface area contributed by atoms with Crippen molar-refractivity contribution in [2.24, 2.45) is 10.9 Å². The summed E-state index contributed by atoms with van der Waals surface area (Å²) in [7, 11) is -1.20. The Morgan fingerprint density at radius 3 is 2.80 bits per heavy atom. The summed E-state index contributed by atoms with van der Waals surface area (Å²) in [4.78, 5) is 1.82. The highest BCUT2D eigenvalue weighted by molar-refractivity contribution is 7.91. The summed E-state index contributed by atoms with van der Waals surface area (Å²) in [5.74, 6) is 0.186. The normalized spacial score (nSPS) is 21.9. The van der Waals surface area contributed by atoms with Crippen LogP contribution in [-0.4, -0.2) is 44.1 Å². The summed E-state index contributed by atoms with van der Waals surface area (Å²) in [6.07, 6.45) is 0.557. The number of hydrogen-bond acceptors (Lipinski definition) is 5. The van der Waals surface area contributed by atoms with E-state index in [1.165, 1.54) is 0 Å². The van der Waals surface area contributed by atoms with Crippen LogP contribution in [0.2, 0.25) is 5.02 Å². The van der Waals surface area contributed by atoms with Gasteiger partial charge in [0.05, 0.1) is 22.1 Å². The molecule has 1 unspecified atom stereocenters. The molecule has 1 heterocycles. The van der Waals surface area contributed by atoms with E-state index in [0.717, 1.165) is 0 Å². The summed E-state index contributed by atoms with van der Waals surface area (Å²) in [5.41, 5.74) is 6.71.